The smallest absolute Gasteiger partial charge is 0.145 e. The van der Waals surface area contributed by atoms with Crippen molar-refractivity contribution in [1.29, 1.82) is 0 Å². The molecule has 0 radical (unpaired) electrons. The standard InChI is InChI=1S/C13H13ClFN3/c1-2-5-17-13-8-16-7-12(18-13)10-6-9(15)3-4-11(10)14/h3-4,6-8H,2,5H2,1H3,(H,17,18). The summed E-state index contributed by atoms with van der Waals surface area (Å²) in [5.41, 5.74) is 1.10. The third-order valence-corrected chi connectivity index (χ3v) is 2.72. The van der Waals surface area contributed by atoms with E-state index >= 15 is 0 Å². The molecule has 0 spiro atoms. The lowest BCUT2D eigenvalue weighted by molar-refractivity contribution is 0.628. The first kappa shape index (κ1) is 12.8. The quantitative estimate of drug-likeness (QED) is 0.915. The third-order valence-electron chi connectivity index (χ3n) is 2.40. The predicted octanol–water partition coefficient (Wildman–Crippen LogP) is 3.76. The van der Waals surface area contributed by atoms with E-state index in [0.717, 1.165) is 13.0 Å². The van der Waals surface area contributed by atoms with Crippen molar-refractivity contribution >= 4 is 17.4 Å². The van der Waals surface area contributed by atoms with Gasteiger partial charge in [0.2, 0.25) is 0 Å². The summed E-state index contributed by atoms with van der Waals surface area (Å²) in [5, 5.41) is 3.58. The van der Waals surface area contributed by atoms with Crippen molar-refractivity contribution in [3.05, 3.63) is 41.4 Å². The first-order valence-corrected chi connectivity index (χ1v) is 6.10. The lowest BCUT2D eigenvalue weighted by Gasteiger charge is -2.07. The first-order valence-electron chi connectivity index (χ1n) is 5.72. The Morgan fingerprint density at radius 3 is 2.94 bits per heavy atom. The molecule has 1 N–H and O–H groups in total. The fraction of sp³-hybridized carbons (Fsp3) is 0.231. The summed E-state index contributed by atoms with van der Waals surface area (Å²) in [6.45, 7) is 2.88. The van der Waals surface area contributed by atoms with Crippen LogP contribution in [0.15, 0.2) is 30.6 Å². The molecule has 2 aromatic rings. The fourth-order valence-electron chi connectivity index (χ4n) is 1.53. The summed E-state index contributed by atoms with van der Waals surface area (Å²) in [6.07, 6.45) is 4.19. The van der Waals surface area contributed by atoms with Gasteiger partial charge >= 0.3 is 0 Å². The molecule has 0 bridgehead atoms. The number of hydrogen-bond acceptors (Lipinski definition) is 3. The van der Waals surface area contributed by atoms with Gasteiger partial charge in [-0.3, -0.25) is 4.98 Å². The van der Waals surface area contributed by atoms with E-state index in [1.807, 2.05) is 0 Å². The lowest BCUT2D eigenvalue weighted by atomic mass is 10.1. The Morgan fingerprint density at radius 2 is 2.17 bits per heavy atom. The van der Waals surface area contributed by atoms with Gasteiger partial charge in [0.15, 0.2) is 0 Å². The van der Waals surface area contributed by atoms with E-state index in [0.29, 0.717) is 22.1 Å². The van der Waals surface area contributed by atoms with E-state index in [1.165, 1.54) is 18.2 Å². The van der Waals surface area contributed by atoms with Crippen LogP contribution in [0.5, 0.6) is 0 Å². The van der Waals surface area contributed by atoms with E-state index in [1.54, 1.807) is 12.4 Å². The van der Waals surface area contributed by atoms with Crippen molar-refractivity contribution in [2.75, 3.05) is 11.9 Å². The molecule has 3 nitrogen and oxygen atoms in total. The van der Waals surface area contributed by atoms with Gasteiger partial charge in [0, 0.05) is 12.1 Å². The Morgan fingerprint density at radius 1 is 1.33 bits per heavy atom. The molecule has 0 atom stereocenters. The Balaban J connectivity index is 2.35. The van der Waals surface area contributed by atoms with E-state index in [4.69, 9.17) is 11.6 Å². The minimum Gasteiger partial charge on any atom is -0.369 e. The van der Waals surface area contributed by atoms with Crippen LogP contribution >= 0.6 is 11.6 Å². The molecular formula is C13H13ClFN3. The molecule has 0 aliphatic carbocycles. The minimum atomic E-state index is -0.344. The SMILES string of the molecule is CCCNc1cncc(-c2cc(F)ccc2Cl)n1. The van der Waals surface area contributed by atoms with Crippen LogP contribution in [0.2, 0.25) is 5.02 Å². The van der Waals surface area contributed by atoms with Crippen LogP contribution < -0.4 is 5.32 Å². The van der Waals surface area contributed by atoms with Gasteiger partial charge in [0.05, 0.1) is 23.1 Å². The van der Waals surface area contributed by atoms with Gasteiger partial charge in [-0.2, -0.15) is 0 Å². The summed E-state index contributed by atoms with van der Waals surface area (Å²) in [6, 6.07) is 4.19. The highest BCUT2D eigenvalue weighted by Gasteiger charge is 2.07. The maximum Gasteiger partial charge on any atom is 0.145 e. The van der Waals surface area contributed by atoms with E-state index in [-0.39, 0.29) is 5.82 Å². The average Bonchev–Trinajstić information content (AvgIpc) is 2.39. The maximum absolute atomic E-state index is 13.2. The molecule has 0 unspecified atom stereocenters. The second-order valence-electron chi connectivity index (χ2n) is 3.84. The summed E-state index contributed by atoms with van der Waals surface area (Å²) in [5.74, 6) is 0.317. The third kappa shape index (κ3) is 2.96. The fourth-order valence-corrected chi connectivity index (χ4v) is 1.74. The van der Waals surface area contributed by atoms with Crippen LogP contribution in [0.3, 0.4) is 0 Å². The molecule has 1 aromatic carbocycles. The topological polar surface area (TPSA) is 37.8 Å². The van der Waals surface area contributed by atoms with E-state index in [9.17, 15) is 4.39 Å². The molecule has 1 aromatic heterocycles. The minimum absolute atomic E-state index is 0.344. The highest BCUT2D eigenvalue weighted by molar-refractivity contribution is 6.33. The van der Waals surface area contributed by atoms with Gasteiger partial charge < -0.3 is 5.32 Å². The zero-order valence-corrected chi connectivity index (χ0v) is 10.7. The molecule has 0 aliphatic heterocycles. The first-order chi connectivity index (χ1) is 8.70. The Hall–Kier alpha value is -1.68. The maximum atomic E-state index is 13.2. The molecule has 18 heavy (non-hydrogen) atoms. The Kier molecular flexibility index (Phi) is 4.10. The van der Waals surface area contributed by atoms with Gasteiger partial charge in [-0.05, 0) is 24.6 Å². The number of anilines is 1. The zero-order chi connectivity index (χ0) is 13.0. The van der Waals surface area contributed by atoms with E-state index in [2.05, 4.69) is 22.2 Å². The van der Waals surface area contributed by atoms with Crippen LogP contribution in [0.1, 0.15) is 13.3 Å². The molecule has 94 valence electrons. The van der Waals surface area contributed by atoms with Crippen molar-refractivity contribution in [2.24, 2.45) is 0 Å². The monoisotopic (exact) mass is 265 g/mol. The van der Waals surface area contributed by atoms with Gasteiger partial charge in [-0.25, -0.2) is 9.37 Å². The summed E-state index contributed by atoms with van der Waals surface area (Å²) in [4.78, 5) is 8.44. The van der Waals surface area contributed by atoms with Crippen LogP contribution in [-0.2, 0) is 0 Å². The summed E-state index contributed by atoms with van der Waals surface area (Å²) < 4.78 is 13.2. The molecule has 0 amide bonds. The molecule has 0 saturated heterocycles. The number of rotatable bonds is 4. The van der Waals surface area contributed by atoms with Gasteiger partial charge in [-0.15, -0.1) is 0 Å². The van der Waals surface area contributed by atoms with Crippen LogP contribution in [-0.4, -0.2) is 16.5 Å². The molecule has 0 saturated carbocycles. The van der Waals surface area contributed by atoms with Crippen molar-refractivity contribution in [1.82, 2.24) is 9.97 Å². The Bertz CT molecular complexity index is 546. The largest absolute Gasteiger partial charge is 0.369 e. The zero-order valence-electron chi connectivity index (χ0n) is 9.95. The van der Waals surface area contributed by atoms with Crippen molar-refractivity contribution < 1.29 is 4.39 Å². The summed E-state index contributed by atoms with van der Waals surface area (Å²) >= 11 is 6.03. The number of benzene rings is 1. The highest BCUT2D eigenvalue weighted by Crippen LogP contribution is 2.27. The van der Waals surface area contributed by atoms with Crippen LogP contribution in [0.4, 0.5) is 10.2 Å². The van der Waals surface area contributed by atoms with Crippen molar-refractivity contribution in [3.63, 3.8) is 0 Å². The average molecular weight is 266 g/mol. The highest BCUT2D eigenvalue weighted by atomic mass is 35.5. The molecule has 2 rings (SSSR count). The second-order valence-corrected chi connectivity index (χ2v) is 4.25. The molecular weight excluding hydrogens is 253 g/mol. The van der Waals surface area contributed by atoms with Crippen molar-refractivity contribution in [3.8, 4) is 11.3 Å². The van der Waals surface area contributed by atoms with E-state index < -0.39 is 0 Å². The number of aromatic nitrogens is 2. The van der Waals surface area contributed by atoms with Gasteiger partial charge in [-0.1, -0.05) is 18.5 Å². The Labute approximate surface area is 110 Å². The van der Waals surface area contributed by atoms with Gasteiger partial charge in [0.1, 0.15) is 11.6 Å². The second kappa shape index (κ2) is 5.78. The van der Waals surface area contributed by atoms with Gasteiger partial charge in [0.25, 0.3) is 0 Å². The lowest BCUT2D eigenvalue weighted by Crippen LogP contribution is -2.03. The number of halogens is 2. The molecule has 1 heterocycles. The van der Waals surface area contributed by atoms with Crippen LogP contribution in [0, 0.1) is 5.82 Å². The number of hydrogen-bond donors (Lipinski definition) is 1. The molecule has 0 fully saturated rings. The number of nitrogens with zero attached hydrogens (tertiary/aromatic N) is 2. The summed E-state index contributed by atoms with van der Waals surface area (Å²) in [7, 11) is 0. The van der Waals surface area contributed by atoms with Crippen LogP contribution in [0.25, 0.3) is 11.3 Å². The molecule has 5 heteroatoms. The molecule has 0 aliphatic rings. The number of nitrogens with one attached hydrogen (secondary N) is 1. The normalized spacial score (nSPS) is 10.4. The van der Waals surface area contributed by atoms with Crippen molar-refractivity contribution in [2.45, 2.75) is 13.3 Å². The predicted molar refractivity (Wildman–Crippen MR) is 71.2 cm³/mol.